The maximum absolute atomic E-state index is 9.89. The first kappa shape index (κ1) is 10.6. The zero-order chi connectivity index (χ0) is 10.7. The van der Waals surface area contributed by atoms with Gasteiger partial charge in [-0.05, 0) is 35.0 Å². The van der Waals surface area contributed by atoms with E-state index < -0.39 is 6.10 Å². The van der Waals surface area contributed by atoms with Gasteiger partial charge in [-0.15, -0.1) is 11.3 Å². The van der Waals surface area contributed by atoms with Crippen LogP contribution in [0.5, 0.6) is 0 Å². The van der Waals surface area contributed by atoms with Crippen LogP contribution in [-0.4, -0.2) is 18.2 Å². The van der Waals surface area contributed by atoms with Crippen LogP contribution in [0.3, 0.4) is 0 Å². The second-order valence-electron chi connectivity index (χ2n) is 3.54. The molecule has 0 aliphatic heterocycles. The van der Waals surface area contributed by atoms with Gasteiger partial charge < -0.3 is 10.4 Å². The van der Waals surface area contributed by atoms with Crippen molar-refractivity contribution >= 4 is 21.4 Å². The lowest BCUT2D eigenvalue weighted by Crippen LogP contribution is -2.20. The van der Waals surface area contributed by atoms with Gasteiger partial charge in [0.05, 0.1) is 6.10 Å². The van der Waals surface area contributed by atoms with Crippen LogP contribution >= 0.6 is 11.3 Å². The van der Waals surface area contributed by atoms with E-state index in [-0.39, 0.29) is 0 Å². The highest BCUT2D eigenvalue weighted by atomic mass is 32.1. The molecule has 0 fully saturated rings. The van der Waals surface area contributed by atoms with Crippen LogP contribution in [0, 0.1) is 0 Å². The van der Waals surface area contributed by atoms with E-state index in [1.165, 1.54) is 10.1 Å². The quantitative estimate of drug-likeness (QED) is 0.831. The number of nitrogens with one attached hydrogen (secondary N) is 1. The fourth-order valence-electron chi connectivity index (χ4n) is 1.58. The monoisotopic (exact) mass is 221 g/mol. The average molecular weight is 221 g/mol. The van der Waals surface area contributed by atoms with Crippen LogP contribution in [0.15, 0.2) is 29.6 Å². The molecule has 0 amide bonds. The molecule has 2 N–H and O–H groups in total. The summed E-state index contributed by atoms with van der Waals surface area (Å²) in [5.41, 5.74) is 0.992. The number of aliphatic hydroxyl groups excluding tert-OH is 1. The highest BCUT2D eigenvalue weighted by Gasteiger charge is 2.07. The maximum Gasteiger partial charge on any atom is 0.0914 e. The summed E-state index contributed by atoms with van der Waals surface area (Å²) < 4.78 is 1.24. The van der Waals surface area contributed by atoms with Crippen molar-refractivity contribution in [2.24, 2.45) is 0 Å². The van der Waals surface area contributed by atoms with Crippen molar-refractivity contribution in [2.75, 3.05) is 13.1 Å². The standard InChI is InChI=1S/C12H15NOS/c1-2-13-8-11(14)10-4-3-9-5-6-15-12(9)7-10/h3-7,11,13-14H,2,8H2,1H3. The molecule has 1 aromatic carbocycles. The van der Waals surface area contributed by atoms with Crippen molar-refractivity contribution in [3.63, 3.8) is 0 Å². The summed E-state index contributed by atoms with van der Waals surface area (Å²) in [5, 5.41) is 16.4. The summed E-state index contributed by atoms with van der Waals surface area (Å²) >= 11 is 1.71. The molecule has 1 atom stereocenters. The van der Waals surface area contributed by atoms with E-state index in [1.54, 1.807) is 11.3 Å². The Kier molecular flexibility index (Phi) is 3.36. The molecule has 0 aliphatic rings. The molecule has 0 saturated heterocycles. The van der Waals surface area contributed by atoms with E-state index in [2.05, 4.69) is 28.9 Å². The number of aliphatic hydroxyl groups is 1. The second-order valence-corrected chi connectivity index (χ2v) is 4.49. The van der Waals surface area contributed by atoms with E-state index >= 15 is 0 Å². The normalized spacial score (nSPS) is 13.2. The van der Waals surface area contributed by atoms with Crippen molar-refractivity contribution in [1.82, 2.24) is 5.32 Å². The third-order valence-electron chi connectivity index (χ3n) is 2.45. The smallest absolute Gasteiger partial charge is 0.0914 e. The van der Waals surface area contributed by atoms with Gasteiger partial charge in [-0.1, -0.05) is 19.1 Å². The Morgan fingerprint density at radius 3 is 3.07 bits per heavy atom. The van der Waals surface area contributed by atoms with Crippen LogP contribution < -0.4 is 5.32 Å². The molecule has 2 nitrogen and oxygen atoms in total. The third-order valence-corrected chi connectivity index (χ3v) is 3.33. The predicted octanol–water partition coefficient (Wildman–Crippen LogP) is 2.54. The molecule has 0 aliphatic carbocycles. The Bertz CT molecular complexity index is 438. The number of rotatable bonds is 4. The fraction of sp³-hybridized carbons (Fsp3) is 0.333. The molecule has 0 spiro atoms. The zero-order valence-electron chi connectivity index (χ0n) is 8.73. The van der Waals surface area contributed by atoms with Crippen molar-refractivity contribution in [3.05, 3.63) is 35.2 Å². The first-order valence-electron chi connectivity index (χ1n) is 5.17. The molecule has 15 heavy (non-hydrogen) atoms. The minimum atomic E-state index is -0.406. The largest absolute Gasteiger partial charge is 0.387 e. The van der Waals surface area contributed by atoms with Crippen LogP contribution in [0.1, 0.15) is 18.6 Å². The lowest BCUT2D eigenvalue weighted by Gasteiger charge is -2.11. The van der Waals surface area contributed by atoms with Crippen molar-refractivity contribution in [3.8, 4) is 0 Å². The Morgan fingerprint density at radius 2 is 2.27 bits per heavy atom. The van der Waals surface area contributed by atoms with Gasteiger partial charge in [-0.2, -0.15) is 0 Å². The number of hydrogen-bond donors (Lipinski definition) is 2. The number of hydrogen-bond acceptors (Lipinski definition) is 3. The topological polar surface area (TPSA) is 32.3 Å². The lowest BCUT2D eigenvalue weighted by molar-refractivity contribution is 0.176. The van der Waals surface area contributed by atoms with Gasteiger partial charge in [0.15, 0.2) is 0 Å². The number of likely N-dealkylation sites (N-methyl/N-ethyl adjacent to an activating group) is 1. The van der Waals surface area contributed by atoms with E-state index in [4.69, 9.17) is 0 Å². The van der Waals surface area contributed by atoms with Crippen molar-refractivity contribution in [1.29, 1.82) is 0 Å². The molecule has 1 unspecified atom stereocenters. The Balaban J connectivity index is 2.19. The fourth-order valence-corrected chi connectivity index (χ4v) is 2.42. The molecule has 0 saturated carbocycles. The van der Waals surface area contributed by atoms with Crippen molar-refractivity contribution < 1.29 is 5.11 Å². The summed E-state index contributed by atoms with van der Waals surface area (Å²) in [6, 6.07) is 8.23. The van der Waals surface area contributed by atoms with Crippen molar-refractivity contribution in [2.45, 2.75) is 13.0 Å². The summed E-state index contributed by atoms with van der Waals surface area (Å²) in [6.07, 6.45) is -0.406. The molecule has 2 aromatic rings. The molecule has 1 heterocycles. The van der Waals surface area contributed by atoms with E-state index in [0.29, 0.717) is 6.54 Å². The summed E-state index contributed by atoms with van der Waals surface area (Å²) in [6.45, 7) is 3.54. The van der Waals surface area contributed by atoms with E-state index in [1.807, 2.05) is 13.0 Å². The van der Waals surface area contributed by atoms with Gasteiger partial charge in [0.1, 0.15) is 0 Å². The molecule has 2 rings (SSSR count). The van der Waals surface area contributed by atoms with Crippen LogP contribution in [0.4, 0.5) is 0 Å². The minimum absolute atomic E-state index is 0.406. The molecule has 3 heteroatoms. The molecule has 0 radical (unpaired) electrons. The first-order chi connectivity index (χ1) is 7.31. The number of fused-ring (bicyclic) bond motifs is 1. The highest BCUT2D eigenvalue weighted by Crippen LogP contribution is 2.24. The third kappa shape index (κ3) is 2.37. The molecular formula is C12H15NOS. The Morgan fingerprint density at radius 1 is 1.40 bits per heavy atom. The Hall–Kier alpha value is -0.900. The Labute approximate surface area is 93.6 Å². The minimum Gasteiger partial charge on any atom is -0.387 e. The van der Waals surface area contributed by atoms with Gasteiger partial charge >= 0.3 is 0 Å². The predicted molar refractivity (Wildman–Crippen MR) is 65.3 cm³/mol. The molecular weight excluding hydrogens is 206 g/mol. The van der Waals surface area contributed by atoms with E-state index in [0.717, 1.165) is 12.1 Å². The number of thiophene rings is 1. The SMILES string of the molecule is CCNCC(O)c1ccc2ccsc2c1. The van der Waals surface area contributed by atoms with Crippen LogP contribution in [0.25, 0.3) is 10.1 Å². The van der Waals surface area contributed by atoms with Crippen LogP contribution in [-0.2, 0) is 0 Å². The highest BCUT2D eigenvalue weighted by molar-refractivity contribution is 7.17. The maximum atomic E-state index is 9.89. The number of benzene rings is 1. The summed E-state index contributed by atoms with van der Waals surface area (Å²) in [7, 11) is 0. The lowest BCUT2D eigenvalue weighted by atomic mass is 10.1. The van der Waals surface area contributed by atoms with E-state index in [9.17, 15) is 5.11 Å². The molecule has 0 bridgehead atoms. The van der Waals surface area contributed by atoms with Gasteiger partial charge in [0, 0.05) is 11.2 Å². The van der Waals surface area contributed by atoms with Gasteiger partial charge in [-0.25, -0.2) is 0 Å². The average Bonchev–Trinajstić information content (AvgIpc) is 2.72. The summed E-state index contributed by atoms with van der Waals surface area (Å²) in [4.78, 5) is 0. The zero-order valence-corrected chi connectivity index (χ0v) is 9.55. The van der Waals surface area contributed by atoms with Crippen LogP contribution in [0.2, 0.25) is 0 Å². The summed E-state index contributed by atoms with van der Waals surface area (Å²) in [5.74, 6) is 0. The molecule has 80 valence electrons. The first-order valence-corrected chi connectivity index (χ1v) is 6.05. The molecule has 1 aromatic heterocycles. The second kappa shape index (κ2) is 4.75. The van der Waals surface area contributed by atoms with Gasteiger partial charge in [-0.3, -0.25) is 0 Å². The van der Waals surface area contributed by atoms with Gasteiger partial charge in [0.2, 0.25) is 0 Å². The van der Waals surface area contributed by atoms with Gasteiger partial charge in [0.25, 0.3) is 0 Å².